The third-order valence-corrected chi connectivity index (χ3v) is 2.77. The van der Waals surface area contributed by atoms with Crippen LogP contribution in [0, 0.1) is 10.1 Å². The lowest BCUT2D eigenvalue weighted by atomic mass is 10.2. The topological polar surface area (TPSA) is 43.1 Å². The molecule has 0 N–H and O–H groups in total. The average molecular weight is 191 g/mol. The number of nitrogens with zero attached hydrogens (tertiary/aromatic N) is 1. The van der Waals surface area contributed by atoms with E-state index in [1.165, 1.54) is 11.8 Å². The molecule has 4 heteroatoms. The van der Waals surface area contributed by atoms with Crippen LogP contribution in [0.5, 0.6) is 0 Å². The van der Waals surface area contributed by atoms with Gasteiger partial charge in [0.1, 0.15) is 0 Å². The van der Waals surface area contributed by atoms with Crippen LogP contribution in [-0.4, -0.2) is 16.1 Å². The van der Waals surface area contributed by atoms with Crippen LogP contribution in [0.3, 0.4) is 0 Å². The Hall–Kier alpha value is -0.250. The standard InChI is InChI=1S/C8H17NO2S/c1-3-5-6-7-8(9(10)11)12-4-2/h8H,3-7H2,1-2H3. The molecule has 3 nitrogen and oxygen atoms in total. The molecule has 0 heterocycles. The van der Waals surface area contributed by atoms with Gasteiger partial charge in [0.2, 0.25) is 0 Å². The van der Waals surface area contributed by atoms with Crippen molar-refractivity contribution in [3.05, 3.63) is 10.1 Å². The van der Waals surface area contributed by atoms with E-state index in [-0.39, 0.29) is 10.3 Å². The van der Waals surface area contributed by atoms with Gasteiger partial charge >= 0.3 is 0 Å². The van der Waals surface area contributed by atoms with Crippen molar-refractivity contribution in [3.63, 3.8) is 0 Å². The summed E-state index contributed by atoms with van der Waals surface area (Å²) in [5.74, 6) is 0.831. The first-order valence-corrected chi connectivity index (χ1v) is 5.52. The highest BCUT2D eigenvalue weighted by Gasteiger charge is 2.17. The maximum absolute atomic E-state index is 10.5. The summed E-state index contributed by atoms with van der Waals surface area (Å²) in [4.78, 5) is 10.3. The van der Waals surface area contributed by atoms with E-state index in [4.69, 9.17) is 0 Å². The molecule has 1 unspecified atom stereocenters. The Morgan fingerprint density at radius 3 is 2.50 bits per heavy atom. The highest BCUT2D eigenvalue weighted by Crippen LogP contribution is 2.17. The number of thioether (sulfide) groups is 1. The molecule has 0 aromatic rings. The number of nitro groups is 1. The lowest BCUT2D eigenvalue weighted by Gasteiger charge is -2.06. The molecule has 0 spiro atoms. The summed E-state index contributed by atoms with van der Waals surface area (Å²) < 4.78 is 0. The van der Waals surface area contributed by atoms with Gasteiger partial charge in [-0.25, -0.2) is 0 Å². The molecule has 0 saturated heterocycles. The molecule has 0 bridgehead atoms. The smallest absolute Gasteiger partial charge is 0.258 e. The fourth-order valence-corrected chi connectivity index (χ4v) is 1.85. The summed E-state index contributed by atoms with van der Waals surface area (Å²) in [6.07, 6.45) is 3.93. The minimum absolute atomic E-state index is 0.163. The van der Waals surface area contributed by atoms with Gasteiger partial charge in [0.15, 0.2) is 0 Å². The van der Waals surface area contributed by atoms with E-state index in [1.54, 1.807) is 0 Å². The SMILES string of the molecule is CCCCCC(SCC)[N+](=O)[O-]. The van der Waals surface area contributed by atoms with E-state index in [0.717, 1.165) is 31.4 Å². The monoisotopic (exact) mass is 191 g/mol. The van der Waals surface area contributed by atoms with Crippen molar-refractivity contribution < 1.29 is 4.92 Å². The largest absolute Gasteiger partial charge is 0.263 e. The first kappa shape index (κ1) is 11.8. The van der Waals surface area contributed by atoms with Crippen LogP contribution in [0.1, 0.15) is 39.5 Å². The lowest BCUT2D eigenvalue weighted by molar-refractivity contribution is -0.496. The molecule has 0 aliphatic heterocycles. The summed E-state index contributed by atoms with van der Waals surface area (Å²) in [5, 5.41) is 10.1. The van der Waals surface area contributed by atoms with Crippen molar-refractivity contribution in [3.8, 4) is 0 Å². The molecule has 12 heavy (non-hydrogen) atoms. The zero-order chi connectivity index (χ0) is 9.40. The van der Waals surface area contributed by atoms with Crippen molar-refractivity contribution in [2.75, 3.05) is 5.75 Å². The quantitative estimate of drug-likeness (QED) is 0.269. The molecule has 0 aliphatic carbocycles. The Bertz CT molecular complexity index is 130. The van der Waals surface area contributed by atoms with E-state index < -0.39 is 0 Å². The van der Waals surface area contributed by atoms with E-state index in [0.29, 0.717) is 0 Å². The molecule has 0 rings (SSSR count). The van der Waals surface area contributed by atoms with Crippen molar-refractivity contribution >= 4 is 11.8 Å². The number of hydrogen-bond donors (Lipinski definition) is 0. The molecule has 0 saturated carbocycles. The van der Waals surface area contributed by atoms with Gasteiger partial charge in [-0.05, 0) is 12.2 Å². The molecule has 0 aromatic carbocycles. The van der Waals surface area contributed by atoms with Gasteiger partial charge in [0, 0.05) is 11.3 Å². The van der Waals surface area contributed by atoms with Crippen LogP contribution >= 0.6 is 11.8 Å². The number of unbranched alkanes of at least 4 members (excludes halogenated alkanes) is 2. The van der Waals surface area contributed by atoms with Gasteiger partial charge in [-0.15, -0.1) is 0 Å². The van der Waals surface area contributed by atoms with Gasteiger partial charge in [-0.1, -0.05) is 38.5 Å². The lowest BCUT2D eigenvalue weighted by Crippen LogP contribution is -2.15. The van der Waals surface area contributed by atoms with Crippen molar-refractivity contribution in [1.29, 1.82) is 0 Å². The fraction of sp³-hybridized carbons (Fsp3) is 1.00. The Kier molecular flexibility index (Phi) is 7.25. The Morgan fingerprint density at radius 2 is 2.08 bits per heavy atom. The van der Waals surface area contributed by atoms with Gasteiger partial charge < -0.3 is 0 Å². The first-order valence-electron chi connectivity index (χ1n) is 4.47. The van der Waals surface area contributed by atoms with Gasteiger partial charge in [0.25, 0.3) is 5.37 Å². The highest BCUT2D eigenvalue weighted by atomic mass is 32.2. The maximum atomic E-state index is 10.5. The molecule has 1 atom stereocenters. The second kappa shape index (κ2) is 7.40. The highest BCUT2D eigenvalue weighted by molar-refractivity contribution is 7.99. The summed E-state index contributed by atoms with van der Waals surface area (Å²) in [6.45, 7) is 4.06. The Labute approximate surface area is 78.1 Å². The van der Waals surface area contributed by atoms with Crippen molar-refractivity contribution in [1.82, 2.24) is 0 Å². The average Bonchev–Trinajstić information content (AvgIpc) is 2.03. The second-order valence-corrected chi connectivity index (χ2v) is 4.15. The van der Waals surface area contributed by atoms with Crippen LogP contribution in [0.25, 0.3) is 0 Å². The van der Waals surface area contributed by atoms with Crippen LogP contribution in [-0.2, 0) is 0 Å². The van der Waals surface area contributed by atoms with E-state index in [9.17, 15) is 10.1 Å². The predicted octanol–water partition coefficient (Wildman–Crippen LogP) is 2.92. The minimum Gasteiger partial charge on any atom is -0.263 e. The summed E-state index contributed by atoms with van der Waals surface area (Å²) >= 11 is 1.44. The maximum Gasteiger partial charge on any atom is 0.258 e. The van der Waals surface area contributed by atoms with E-state index >= 15 is 0 Å². The fourth-order valence-electron chi connectivity index (χ4n) is 1.01. The Morgan fingerprint density at radius 1 is 1.42 bits per heavy atom. The molecule has 0 radical (unpaired) electrons. The van der Waals surface area contributed by atoms with Crippen LogP contribution in [0.4, 0.5) is 0 Å². The van der Waals surface area contributed by atoms with Crippen molar-refractivity contribution in [2.45, 2.75) is 44.9 Å². The number of rotatable bonds is 7. The normalized spacial score (nSPS) is 12.8. The zero-order valence-electron chi connectivity index (χ0n) is 7.78. The second-order valence-electron chi connectivity index (χ2n) is 2.69. The minimum atomic E-state index is -0.374. The molecular formula is C8H17NO2S. The summed E-state index contributed by atoms with van der Waals surface area (Å²) in [5.41, 5.74) is 0. The van der Waals surface area contributed by atoms with Crippen LogP contribution < -0.4 is 0 Å². The summed E-state index contributed by atoms with van der Waals surface area (Å²) in [6, 6.07) is 0. The van der Waals surface area contributed by atoms with Crippen LogP contribution in [0.15, 0.2) is 0 Å². The molecular weight excluding hydrogens is 174 g/mol. The molecule has 0 fully saturated rings. The van der Waals surface area contributed by atoms with E-state index in [2.05, 4.69) is 6.92 Å². The first-order chi connectivity index (χ1) is 5.72. The van der Waals surface area contributed by atoms with Gasteiger partial charge in [-0.2, -0.15) is 0 Å². The number of hydrogen-bond acceptors (Lipinski definition) is 3. The molecule has 72 valence electrons. The molecule has 0 aromatic heterocycles. The van der Waals surface area contributed by atoms with Crippen LogP contribution in [0.2, 0.25) is 0 Å². The summed E-state index contributed by atoms with van der Waals surface area (Å²) in [7, 11) is 0. The third kappa shape index (κ3) is 5.41. The molecule has 0 aliphatic rings. The zero-order valence-corrected chi connectivity index (χ0v) is 8.60. The van der Waals surface area contributed by atoms with E-state index in [1.807, 2.05) is 6.92 Å². The Balaban J connectivity index is 3.56. The predicted molar refractivity (Wildman–Crippen MR) is 53.1 cm³/mol. The third-order valence-electron chi connectivity index (χ3n) is 1.65. The molecule has 0 amide bonds. The van der Waals surface area contributed by atoms with Crippen molar-refractivity contribution in [2.24, 2.45) is 0 Å². The van der Waals surface area contributed by atoms with Gasteiger partial charge in [0.05, 0.1) is 0 Å². The van der Waals surface area contributed by atoms with Gasteiger partial charge in [-0.3, -0.25) is 10.1 Å².